The fourth-order valence-electron chi connectivity index (χ4n) is 2.74. The third-order valence-corrected chi connectivity index (χ3v) is 3.81. The Morgan fingerprint density at radius 2 is 2.30 bits per heavy atom. The van der Waals surface area contributed by atoms with Gasteiger partial charge in [-0.2, -0.15) is 0 Å². The number of carbonyl (C=O) groups excluding carboxylic acids is 1. The van der Waals surface area contributed by atoms with Crippen LogP contribution in [0.1, 0.15) is 43.6 Å². The van der Waals surface area contributed by atoms with E-state index in [1.54, 1.807) is 24.5 Å². The van der Waals surface area contributed by atoms with Gasteiger partial charge in [-0.1, -0.05) is 19.0 Å². The zero-order valence-electron chi connectivity index (χ0n) is 11.7. The Labute approximate surface area is 117 Å². The largest absolute Gasteiger partial charge is 0.461 e. The van der Waals surface area contributed by atoms with E-state index < -0.39 is 0 Å². The van der Waals surface area contributed by atoms with Gasteiger partial charge in [-0.25, -0.2) is 0 Å². The molecule has 1 unspecified atom stereocenters. The maximum Gasteiger partial charge on any atom is 0.273 e. The van der Waals surface area contributed by atoms with E-state index in [0.717, 1.165) is 19.3 Å². The van der Waals surface area contributed by atoms with Gasteiger partial charge in [0.2, 0.25) is 5.76 Å². The molecule has 0 spiro atoms. The number of hydrogen-bond acceptors (Lipinski definition) is 4. The van der Waals surface area contributed by atoms with Crippen LogP contribution in [0.4, 0.5) is 0 Å². The first-order chi connectivity index (χ1) is 9.53. The summed E-state index contributed by atoms with van der Waals surface area (Å²) in [7, 11) is 0. The Hall–Kier alpha value is -2.04. The van der Waals surface area contributed by atoms with Gasteiger partial charge in [0.25, 0.3) is 5.91 Å². The average Bonchev–Trinajstić information content (AvgIpc) is 3.08. The third kappa shape index (κ3) is 2.61. The third-order valence-electron chi connectivity index (χ3n) is 3.81. The topological polar surface area (TPSA) is 68.3 Å². The van der Waals surface area contributed by atoms with Gasteiger partial charge in [0.1, 0.15) is 0 Å². The van der Waals surface area contributed by atoms with Crippen molar-refractivity contribution >= 4 is 5.91 Å². The summed E-state index contributed by atoms with van der Waals surface area (Å²) in [6.45, 7) is 4.45. The standard InChI is InChI=1S/C15H18N2O3/c1-15(2)6-5-10(9-15)16-14(18)11-8-13(20-17-11)12-4-3-7-19-12/h3-4,7-8,10H,5-6,9H2,1-2H3,(H,16,18). The molecular formula is C15H18N2O3. The average molecular weight is 274 g/mol. The lowest BCUT2D eigenvalue weighted by Gasteiger charge is -2.17. The van der Waals surface area contributed by atoms with Crippen molar-refractivity contribution in [3.63, 3.8) is 0 Å². The molecular weight excluding hydrogens is 256 g/mol. The van der Waals surface area contributed by atoms with Crippen LogP contribution in [-0.4, -0.2) is 17.1 Å². The highest BCUT2D eigenvalue weighted by Gasteiger charge is 2.32. The SMILES string of the molecule is CC1(C)CCC(NC(=O)c2cc(-c3ccco3)on2)C1. The van der Waals surface area contributed by atoms with Gasteiger partial charge in [0.05, 0.1) is 6.26 Å². The van der Waals surface area contributed by atoms with E-state index in [0.29, 0.717) is 22.6 Å². The summed E-state index contributed by atoms with van der Waals surface area (Å²) < 4.78 is 10.3. The molecule has 2 aromatic heterocycles. The van der Waals surface area contributed by atoms with Crippen LogP contribution >= 0.6 is 0 Å². The van der Waals surface area contributed by atoms with E-state index in [2.05, 4.69) is 24.3 Å². The summed E-state index contributed by atoms with van der Waals surface area (Å²) in [6, 6.07) is 5.36. The summed E-state index contributed by atoms with van der Waals surface area (Å²) in [5.74, 6) is 0.847. The number of furan rings is 1. The van der Waals surface area contributed by atoms with Gasteiger partial charge in [-0.3, -0.25) is 4.79 Å². The second-order valence-corrected chi connectivity index (χ2v) is 6.13. The molecule has 0 aliphatic heterocycles. The number of hydrogen-bond donors (Lipinski definition) is 1. The second-order valence-electron chi connectivity index (χ2n) is 6.13. The highest BCUT2D eigenvalue weighted by molar-refractivity contribution is 5.93. The molecule has 106 valence electrons. The van der Waals surface area contributed by atoms with Crippen molar-refractivity contribution in [1.82, 2.24) is 10.5 Å². The first kappa shape index (κ1) is 13.0. The molecule has 1 aliphatic rings. The van der Waals surface area contributed by atoms with Crippen LogP contribution in [0.15, 0.2) is 33.4 Å². The smallest absolute Gasteiger partial charge is 0.273 e. The number of nitrogens with zero attached hydrogens (tertiary/aromatic N) is 1. The normalized spacial score (nSPS) is 21.0. The first-order valence-electron chi connectivity index (χ1n) is 6.85. The molecule has 2 heterocycles. The van der Waals surface area contributed by atoms with E-state index in [1.165, 1.54) is 0 Å². The fourth-order valence-corrected chi connectivity index (χ4v) is 2.74. The van der Waals surface area contributed by atoms with Crippen LogP contribution in [0.3, 0.4) is 0 Å². The Morgan fingerprint density at radius 1 is 1.45 bits per heavy atom. The van der Waals surface area contributed by atoms with Crippen molar-refractivity contribution in [2.75, 3.05) is 0 Å². The molecule has 0 radical (unpaired) electrons. The number of rotatable bonds is 3. The predicted octanol–water partition coefficient (Wildman–Crippen LogP) is 3.24. The quantitative estimate of drug-likeness (QED) is 0.932. The highest BCUT2D eigenvalue weighted by Crippen LogP contribution is 2.37. The molecule has 20 heavy (non-hydrogen) atoms. The minimum absolute atomic E-state index is 0.186. The second kappa shape index (κ2) is 4.81. The molecule has 5 heteroatoms. The molecule has 3 rings (SSSR count). The van der Waals surface area contributed by atoms with Crippen LogP contribution in [0, 0.1) is 5.41 Å². The van der Waals surface area contributed by atoms with Gasteiger partial charge in [-0.05, 0) is 36.8 Å². The van der Waals surface area contributed by atoms with E-state index in [1.807, 2.05) is 0 Å². The molecule has 0 saturated heterocycles. The molecule has 1 fully saturated rings. The summed E-state index contributed by atoms with van der Waals surface area (Å²) in [5, 5.41) is 6.82. The Bertz CT molecular complexity index is 598. The molecule has 0 bridgehead atoms. The van der Waals surface area contributed by atoms with Crippen LogP contribution in [0.25, 0.3) is 11.5 Å². The van der Waals surface area contributed by atoms with Crippen molar-refractivity contribution in [2.24, 2.45) is 5.41 Å². The number of nitrogens with one attached hydrogen (secondary N) is 1. The van der Waals surface area contributed by atoms with Crippen LogP contribution in [0.5, 0.6) is 0 Å². The maximum absolute atomic E-state index is 12.1. The van der Waals surface area contributed by atoms with Crippen molar-refractivity contribution < 1.29 is 13.7 Å². The van der Waals surface area contributed by atoms with Crippen molar-refractivity contribution in [3.8, 4) is 11.5 Å². The van der Waals surface area contributed by atoms with Crippen molar-refractivity contribution in [1.29, 1.82) is 0 Å². The van der Waals surface area contributed by atoms with E-state index >= 15 is 0 Å². The lowest BCUT2D eigenvalue weighted by Crippen LogP contribution is -2.33. The number of aromatic nitrogens is 1. The van der Waals surface area contributed by atoms with Crippen LogP contribution in [0.2, 0.25) is 0 Å². The number of amides is 1. The first-order valence-corrected chi connectivity index (χ1v) is 6.85. The lowest BCUT2D eigenvalue weighted by molar-refractivity contribution is 0.0927. The Balaban J connectivity index is 1.66. The molecule has 1 N–H and O–H groups in total. The highest BCUT2D eigenvalue weighted by atomic mass is 16.5. The van der Waals surface area contributed by atoms with E-state index in [-0.39, 0.29) is 11.9 Å². The Kier molecular flexibility index (Phi) is 3.12. The summed E-state index contributed by atoms with van der Waals surface area (Å²) >= 11 is 0. The Morgan fingerprint density at radius 3 is 2.95 bits per heavy atom. The summed E-state index contributed by atoms with van der Waals surface area (Å²) in [5.41, 5.74) is 0.599. The number of carbonyl (C=O) groups is 1. The zero-order chi connectivity index (χ0) is 14.2. The fraction of sp³-hybridized carbons (Fsp3) is 0.467. The predicted molar refractivity (Wildman–Crippen MR) is 73.1 cm³/mol. The molecule has 1 atom stereocenters. The van der Waals surface area contributed by atoms with Crippen molar-refractivity contribution in [3.05, 3.63) is 30.2 Å². The molecule has 2 aromatic rings. The minimum atomic E-state index is -0.186. The van der Waals surface area contributed by atoms with Gasteiger partial charge in [0.15, 0.2) is 11.5 Å². The maximum atomic E-state index is 12.1. The zero-order valence-corrected chi connectivity index (χ0v) is 11.7. The molecule has 1 saturated carbocycles. The lowest BCUT2D eigenvalue weighted by atomic mass is 9.92. The van der Waals surface area contributed by atoms with E-state index in [4.69, 9.17) is 8.94 Å². The van der Waals surface area contributed by atoms with Gasteiger partial charge in [-0.15, -0.1) is 0 Å². The van der Waals surface area contributed by atoms with Gasteiger partial charge >= 0.3 is 0 Å². The van der Waals surface area contributed by atoms with E-state index in [9.17, 15) is 4.79 Å². The molecule has 0 aromatic carbocycles. The van der Waals surface area contributed by atoms with Gasteiger partial charge in [0, 0.05) is 12.1 Å². The van der Waals surface area contributed by atoms with Crippen LogP contribution in [-0.2, 0) is 0 Å². The minimum Gasteiger partial charge on any atom is -0.461 e. The molecule has 5 nitrogen and oxygen atoms in total. The van der Waals surface area contributed by atoms with Gasteiger partial charge < -0.3 is 14.3 Å². The summed E-state index contributed by atoms with van der Waals surface area (Å²) in [4.78, 5) is 12.1. The van der Waals surface area contributed by atoms with Crippen molar-refractivity contribution in [2.45, 2.75) is 39.2 Å². The molecule has 1 amide bonds. The summed E-state index contributed by atoms with van der Waals surface area (Å²) in [6.07, 6.45) is 4.70. The molecule has 1 aliphatic carbocycles. The monoisotopic (exact) mass is 274 g/mol. The van der Waals surface area contributed by atoms with Crippen LogP contribution < -0.4 is 5.32 Å².